The molecule has 0 aliphatic carbocycles. The molecule has 0 aromatic heterocycles. The zero-order valence-electron chi connectivity index (χ0n) is 12.5. The van der Waals surface area contributed by atoms with Crippen molar-refractivity contribution in [2.75, 3.05) is 26.7 Å². The number of benzene rings is 1. The van der Waals surface area contributed by atoms with Gasteiger partial charge in [-0.05, 0) is 31.0 Å². The summed E-state index contributed by atoms with van der Waals surface area (Å²) in [5, 5.41) is 7.04. The highest BCUT2D eigenvalue weighted by molar-refractivity contribution is 14.0. The maximum atomic E-state index is 6.20. The molecular weight excluding hydrogens is 401 g/mol. The number of methoxy groups -OCH3 is 1. The molecule has 0 unspecified atom stereocenters. The summed E-state index contributed by atoms with van der Waals surface area (Å²) in [6, 6.07) is 5.70. The van der Waals surface area contributed by atoms with Crippen LogP contribution in [0.2, 0.25) is 5.02 Å². The maximum absolute atomic E-state index is 6.20. The second-order valence-electron chi connectivity index (χ2n) is 4.14. The number of rotatable bonds is 7. The van der Waals surface area contributed by atoms with Crippen molar-refractivity contribution in [1.29, 1.82) is 0 Å². The summed E-state index contributed by atoms with van der Waals surface area (Å²) < 4.78 is 5.13. The van der Waals surface area contributed by atoms with E-state index in [4.69, 9.17) is 16.3 Å². The molecule has 0 amide bonds. The molecule has 0 aliphatic rings. The van der Waals surface area contributed by atoms with Crippen molar-refractivity contribution in [2.45, 2.75) is 13.3 Å². The molecule has 0 heterocycles. The third-order valence-corrected chi connectivity index (χ3v) is 3.02. The first-order valence-corrected chi connectivity index (χ1v) is 7.04. The van der Waals surface area contributed by atoms with Gasteiger partial charge in [0.15, 0.2) is 5.96 Å². The standard InChI is InChI=1S/C15H22ClN3O.HI/c1-4-9-18-15(17-5-2)19-10-8-12-6-7-13(20-3)11-14(12)16;/h4,6-7,11H,1,5,8-10H2,2-3H3,(H2,17,18,19);1H. The van der Waals surface area contributed by atoms with E-state index in [9.17, 15) is 0 Å². The van der Waals surface area contributed by atoms with Crippen molar-refractivity contribution in [3.05, 3.63) is 41.4 Å². The van der Waals surface area contributed by atoms with Crippen LogP contribution in [0.1, 0.15) is 12.5 Å². The summed E-state index contributed by atoms with van der Waals surface area (Å²) in [4.78, 5) is 4.49. The fourth-order valence-corrected chi connectivity index (χ4v) is 1.92. The zero-order chi connectivity index (χ0) is 14.8. The van der Waals surface area contributed by atoms with Gasteiger partial charge >= 0.3 is 0 Å². The number of nitrogens with one attached hydrogen (secondary N) is 2. The Kier molecular flexibility index (Phi) is 11.2. The molecule has 0 atom stereocenters. The Balaban J connectivity index is 0.00000400. The lowest BCUT2D eigenvalue weighted by Crippen LogP contribution is -2.37. The van der Waals surface area contributed by atoms with Crippen molar-refractivity contribution in [2.24, 2.45) is 4.99 Å². The normalized spacial score (nSPS) is 10.5. The number of halogens is 2. The van der Waals surface area contributed by atoms with Crippen LogP contribution < -0.4 is 15.4 Å². The van der Waals surface area contributed by atoms with Crippen LogP contribution in [0.25, 0.3) is 0 Å². The van der Waals surface area contributed by atoms with Crippen LogP contribution in [0.15, 0.2) is 35.8 Å². The number of hydrogen-bond acceptors (Lipinski definition) is 2. The molecule has 0 saturated heterocycles. The first kappa shape index (κ1) is 20.1. The van der Waals surface area contributed by atoms with Crippen LogP contribution in [0, 0.1) is 0 Å². The number of nitrogens with zero attached hydrogens (tertiary/aromatic N) is 1. The average molecular weight is 424 g/mol. The Morgan fingerprint density at radius 1 is 1.43 bits per heavy atom. The molecule has 0 aliphatic heterocycles. The van der Waals surface area contributed by atoms with Crippen molar-refractivity contribution < 1.29 is 4.74 Å². The fourth-order valence-electron chi connectivity index (χ4n) is 1.66. The lowest BCUT2D eigenvalue weighted by molar-refractivity contribution is 0.414. The van der Waals surface area contributed by atoms with Gasteiger partial charge in [-0.2, -0.15) is 0 Å². The van der Waals surface area contributed by atoms with Crippen molar-refractivity contribution >= 4 is 41.5 Å². The Hall–Kier alpha value is -0.950. The minimum absolute atomic E-state index is 0. The van der Waals surface area contributed by atoms with Crippen LogP contribution in [0.4, 0.5) is 0 Å². The van der Waals surface area contributed by atoms with E-state index >= 15 is 0 Å². The summed E-state index contributed by atoms with van der Waals surface area (Å²) in [7, 11) is 1.63. The van der Waals surface area contributed by atoms with Gasteiger partial charge in [0.2, 0.25) is 0 Å². The van der Waals surface area contributed by atoms with E-state index in [1.54, 1.807) is 13.2 Å². The van der Waals surface area contributed by atoms with Gasteiger partial charge in [-0.15, -0.1) is 30.6 Å². The molecule has 0 bridgehead atoms. The quantitative estimate of drug-likeness (QED) is 0.306. The second kappa shape index (κ2) is 11.7. The lowest BCUT2D eigenvalue weighted by Gasteiger charge is -2.10. The van der Waals surface area contributed by atoms with Crippen LogP contribution in [0.3, 0.4) is 0 Å². The molecule has 0 radical (unpaired) electrons. The summed E-state index contributed by atoms with van der Waals surface area (Å²) in [5.74, 6) is 1.56. The van der Waals surface area contributed by atoms with Crippen molar-refractivity contribution in [3.8, 4) is 5.75 Å². The molecule has 4 nitrogen and oxygen atoms in total. The van der Waals surface area contributed by atoms with E-state index in [0.717, 1.165) is 30.2 Å². The van der Waals surface area contributed by atoms with Gasteiger partial charge in [-0.1, -0.05) is 23.7 Å². The van der Waals surface area contributed by atoms with E-state index in [2.05, 4.69) is 22.2 Å². The molecule has 1 aromatic carbocycles. The largest absolute Gasteiger partial charge is 0.497 e. The van der Waals surface area contributed by atoms with Gasteiger partial charge in [-0.25, -0.2) is 0 Å². The number of guanidine groups is 1. The van der Waals surface area contributed by atoms with Gasteiger partial charge in [-0.3, -0.25) is 4.99 Å². The monoisotopic (exact) mass is 423 g/mol. The van der Waals surface area contributed by atoms with E-state index in [0.29, 0.717) is 18.1 Å². The predicted molar refractivity (Wildman–Crippen MR) is 101 cm³/mol. The van der Waals surface area contributed by atoms with Crippen molar-refractivity contribution in [3.63, 3.8) is 0 Å². The minimum atomic E-state index is 0. The third kappa shape index (κ3) is 7.57. The molecule has 1 rings (SSSR count). The highest BCUT2D eigenvalue weighted by atomic mass is 127. The maximum Gasteiger partial charge on any atom is 0.191 e. The number of hydrogen-bond donors (Lipinski definition) is 2. The van der Waals surface area contributed by atoms with E-state index in [-0.39, 0.29) is 24.0 Å². The summed E-state index contributed by atoms with van der Waals surface area (Å²) in [6.45, 7) is 7.89. The molecular formula is C15H23ClIN3O. The molecule has 0 fully saturated rings. The van der Waals surface area contributed by atoms with E-state index in [1.807, 2.05) is 25.1 Å². The van der Waals surface area contributed by atoms with Gasteiger partial charge in [0, 0.05) is 24.7 Å². The Bertz CT molecular complexity index is 466. The highest BCUT2D eigenvalue weighted by Crippen LogP contribution is 2.22. The Morgan fingerprint density at radius 2 is 2.19 bits per heavy atom. The number of aliphatic imine (C=N–C) groups is 1. The summed E-state index contributed by atoms with van der Waals surface area (Å²) in [6.07, 6.45) is 2.58. The Labute approximate surface area is 149 Å². The van der Waals surface area contributed by atoms with Crippen LogP contribution in [-0.2, 0) is 6.42 Å². The zero-order valence-corrected chi connectivity index (χ0v) is 15.6. The molecule has 6 heteroatoms. The molecule has 0 saturated carbocycles. The number of ether oxygens (including phenoxy) is 1. The predicted octanol–water partition coefficient (Wildman–Crippen LogP) is 3.25. The van der Waals surface area contributed by atoms with Crippen molar-refractivity contribution in [1.82, 2.24) is 10.6 Å². The van der Waals surface area contributed by atoms with Gasteiger partial charge in [0.25, 0.3) is 0 Å². The summed E-state index contributed by atoms with van der Waals surface area (Å²) >= 11 is 6.20. The Morgan fingerprint density at radius 3 is 2.76 bits per heavy atom. The SMILES string of the molecule is C=CCNC(=NCCc1ccc(OC)cc1Cl)NCC.I. The first-order valence-electron chi connectivity index (χ1n) is 6.66. The average Bonchev–Trinajstić information content (AvgIpc) is 2.46. The topological polar surface area (TPSA) is 45.7 Å². The second-order valence-corrected chi connectivity index (χ2v) is 4.54. The van der Waals surface area contributed by atoms with Crippen LogP contribution in [-0.4, -0.2) is 32.7 Å². The molecule has 21 heavy (non-hydrogen) atoms. The summed E-state index contributed by atoms with van der Waals surface area (Å²) in [5.41, 5.74) is 1.07. The van der Waals surface area contributed by atoms with Gasteiger partial charge in [0.05, 0.1) is 7.11 Å². The fraction of sp³-hybridized carbons (Fsp3) is 0.400. The third-order valence-electron chi connectivity index (χ3n) is 2.67. The first-order chi connectivity index (χ1) is 9.71. The highest BCUT2D eigenvalue weighted by Gasteiger charge is 2.02. The van der Waals surface area contributed by atoms with E-state index < -0.39 is 0 Å². The molecule has 2 N–H and O–H groups in total. The van der Waals surface area contributed by atoms with Gasteiger partial charge in [0.1, 0.15) is 5.75 Å². The van der Waals surface area contributed by atoms with Crippen LogP contribution >= 0.6 is 35.6 Å². The van der Waals surface area contributed by atoms with Gasteiger partial charge < -0.3 is 15.4 Å². The van der Waals surface area contributed by atoms with E-state index in [1.165, 1.54) is 0 Å². The molecule has 118 valence electrons. The molecule has 1 aromatic rings. The van der Waals surface area contributed by atoms with Crippen LogP contribution in [0.5, 0.6) is 5.75 Å². The lowest BCUT2D eigenvalue weighted by atomic mass is 10.1. The smallest absolute Gasteiger partial charge is 0.191 e. The molecule has 0 spiro atoms. The minimum Gasteiger partial charge on any atom is -0.497 e.